The van der Waals surface area contributed by atoms with Crippen LogP contribution in [-0.4, -0.2) is 52.7 Å². The van der Waals surface area contributed by atoms with E-state index in [2.05, 4.69) is 27.4 Å². The Labute approximate surface area is 164 Å². The number of aromatic nitrogens is 3. The first-order valence-electron chi connectivity index (χ1n) is 9.37. The number of benzene rings is 1. The molecule has 1 aliphatic heterocycles. The third kappa shape index (κ3) is 4.91. The van der Waals surface area contributed by atoms with Gasteiger partial charge in [0.15, 0.2) is 5.82 Å². The number of likely N-dealkylation sites (tertiary alicyclic amines) is 1. The number of rotatable bonds is 7. The number of piperidine rings is 1. The fraction of sp³-hybridized carbons (Fsp3) is 0.526. The summed E-state index contributed by atoms with van der Waals surface area (Å²) in [5.74, 6) is 3.01. The molecule has 1 aliphatic rings. The van der Waals surface area contributed by atoms with E-state index >= 15 is 0 Å². The Morgan fingerprint density at radius 3 is 2.85 bits per heavy atom. The number of carbonyl (C=O) groups is 1. The van der Waals surface area contributed by atoms with Crippen LogP contribution in [0.5, 0.6) is 5.75 Å². The van der Waals surface area contributed by atoms with Gasteiger partial charge in [0.1, 0.15) is 11.6 Å². The Morgan fingerprint density at radius 2 is 2.19 bits per heavy atom. The van der Waals surface area contributed by atoms with E-state index in [0.717, 1.165) is 49.7 Å². The minimum absolute atomic E-state index is 0.158. The zero-order chi connectivity index (χ0) is 19.2. The number of carbonyl (C=O) groups excluding carboxylic acids is 1. The highest BCUT2D eigenvalue weighted by molar-refractivity contribution is 6.30. The maximum absolute atomic E-state index is 12.5. The van der Waals surface area contributed by atoms with E-state index in [4.69, 9.17) is 16.3 Å². The molecule has 1 fully saturated rings. The molecule has 3 rings (SSSR count). The molecule has 146 valence electrons. The van der Waals surface area contributed by atoms with Crippen molar-refractivity contribution < 1.29 is 9.53 Å². The average molecular weight is 392 g/mol. The standard InChI is InChI=1S/C19H26ClN5O2/c1-3-17-22-19(24-23-17)13-7-10-25(11-8-13)18(26)6-9-21-15-12-14(20)4-5-16(15)27-2/h4-5,12-13,21H,3,6-11H2,1-2H3,(H,22,23,24). The summed E-state index contributed by atoms with van der Waals surface area (Å²) in [6.07, 6.45) is 3.10. The summed E-state index contributed by atoms with van der Waals surface area (Å²) in [6.45, 7) is 4.09. The van der Waals surface area contributed by atoms with Crippen LogP contribution < -0.4 is 10.1 Å². The van der Waals surface area contributed by atoms with Crippen molar-refractivity contribution in [3.8, 4) is 5.75 Å². The van der Waals surface area contributed by atoms with Crippen molar-refractivity contribution in [1.82, 2.24) is 20.1 Å². The van der Waals surface area contributed by atoms with Gasteiger partial charge in [-0.25, -0.2) is 4.98 Å². The third-order valence-corrected chi connectivity index (χ3v) is 5.15. The minimum atomic E-state index is 0.158. The first kappa shape index (κ1) is 19.5. The molecule has 0 unspecified atom stereocenters. The topological polar surface area (TPSA) is 83.1 Å². The quantitative estimate of drug-likeness (QED) is 0.757. The van der Waals surface area contributed by atoms with Gasteiger partial charge >= 0.3 is 0 Å². The summed E-state index contributed by atoms with van der Waals surface area (Å²) in [5.41, 5.74) is 0.799. The van der Waals surface area contributed by atoms with Gasteiger partial charge in [-0.2, -0.15) is 5.10 Å². The van der Waals surface area contributed by atoms with E-state index in [1.807, 2.05) is 11.0 Å². The van der Waals surface area contributed by atoms with Crippen LogP contribution >= 0.6 is 11.6 Å². The fourth-order valence-corrected chi connectivity index (χ4v) is 3.49. The lowest BCUT2D eigenvalue weighted by molar-refractivity contribution is -0.132. The molecular formula is C19H26ClN5O2. The lowest BCUT2D eigenvalue weighted by atomic mass is 9.96. The fourth-order valence-electron chi connectivity index (χ4n) is 3.32. The monoisotopic (exact) mass is 391 g/mol. The molecule has 7 nitrogen and oxygen atoms in total. The van der Waals surface area contributed by atoms with E-state index in [9.17, 15) is 4.79 Å². The molecule has 2 N–H and O–H groups in total. The van der Waals surface area contributed by atoms with E-state index in [0.29, 0.717) is 29.7 Å². The van der Waals surface area contributed by atoms with Crippen LogP contribution in [0.15, 0.2) is 18.2 Å². The molecule has 0 aliphatic carbocycles. The summed E-state index contributed by atoms with van der Waals surface area (Å²) in [6, 6.07) is 5.39. The van der Waals surface area contributed by atoms with E-state index < -0.39 is 0 Å². The Balaban J connectivity index is 1.45. The number of halogens is 1. The van der Waals surface area contributed by atoms with Crippen LogP contribution in [0.2, 0.25) is 5.02 Å². The second-order valence-electron chi connectivity index (χ2n) is 6.67. The van der Waals surface area contributed by atoms with E-state index in [-0.39, 0.29) is 5.91 Å². The molecule has 0 bridgehead atoms. The van der Waals surface area contributed by atoms with Crippen molar-refractivity contribution >= 4 is 23.2 Å². The maximum atomic E-state index is 12.5. The predicted octanol–water partition coefficient (Wildman–Crippen LogP) is 3.24. The molecule has 1 aromatic heterocycles. The van der Waals surface area contributed by atoms with E-state index in [1.54, 1.807) is 19.2 Å². The first-order valence-corrected chi connectivity index (χ1v) is 9.74. The van der Waals surface area contributed by atoms with Gasteiger partial charge in [0.25, 0.3) is 0 Å². The van der Waals surface area contributed by atoms with Crippen LogP contribution in [0.1, 0.15) is 43.8 Å². The number of aryl methyl sites for hydroxylation is 1. The highest BCUT2D eigenvalue weighted by Crippen LogP contribution is 2.28. The number of ether oxygens (including phenoxy) is 1. The van der Waals surface area contributed by atoms with Crippen molar-refractivity contribution in [2.24, 2.45) is 0 Å². The molecule has 1 amide bonds. The third-order valence-electron chi connectivity index (χ3n) is 4.91. The van der Waals surface area contributed by atoms with Gasteiger partial charge in [-0.15, -0.1) is 0 Å². The van der Waals surface area contributed by atoms with Crippen molar-refractivity contribution in [2.75, 3.05) is 32.1 Å². The number of aromatic amines is 1. The lowest BCUT2D eigenvalue weighted by Crippen LogP contribution is -2.38. The second kappa shape index (κ2) is 9.08. The van der Waals surface area contributed by atoms with Gasteiger partial charge in [0.2, 0.25) is 5.91 Å². The SMILES string of the molecule is CCc1nc(C2CCN(C(=O)CCNc3cc(Cl)ccc3OC)CC2)n[nH]1. The molecule has 27 heavy (non-hydrogen) atoms. The van der Waals surface area contributed by atoms with Gasteiger partial charge in [-0.1, -0.05) is 18.5 Å². The maximum Gasteiger partial charge on any atom is 0.224 e. The lowest BCUT2D eigenvalue weighted by Gasteiger charge is -2.31. The first-order chi connectivity index (χ1) is 13.1. The number of amides is 1. The summed E-state index contributed by atoms with van der Waals surface area (Å²) in [4.78, 5) is 19.0. The Kier molecular flexibility index (Phi) is 6.55. The van der Waals surface area contributed by atoms with Crippen molar-refractivity contribution in [3.63, 3.8) is 0 Å². The highest BCUT2D eigenvalue weighted by Gasteiger charge is 2.26. The van der Waals surface area contributed by atoms with Gasteiger partial charge in [-0.05, 0) is 31.0 Å². The number of methoxy groups -OCH3 is 1. The minimum Gasteiger partial charge on any atom is -0.495 e. The van der Waals surface area contributed by atoms with Crippen LogP contribution in [-0.2, 0) is 11.2 Å². The average Bonchev–Trinajstić information content (AvgIpc) is 3.17. The molecule has 2 aromatic rings. The van der Waals surface area contributed by atoms with Crippen LogP contribution in [0.4, 0.5) is 5.69 Å². The van der Waals surface area contributed by atoms with Gasteiger partial charge in [-0.3, -0.25) is 9.89 Å². The summed E-state index contributed by atoms with van der Waals surface area (Å²) < 4.78 is 5.31. The van der Waals surface area contributed by atoms with Gasteiger partial charge in [0.05, 0.1) is 12.8 Å². The number of nitrogens with one attached hydrogen (secondary N) is 2. The number of anilines is 1. The Morgan fingerprint density at radius 1 is 1.41 bits per heavy atom. The molecule has 0 atom stereocenters. The second-order valence-corrected chi connectivity index (χ2v) is 7.11. The number of H-pyrrole nitrogens is 1. The molecule has 2 heterocycles. The predicted molar refractivity (Wildman–Crippen MR) is 105 cm³/mol. The van der Waals surface area contributed by atoms with Gasteiger partial charge < -0.3 is 15.0 Å². The molecule has 8 heteroatoms. The van der Waals surface area contributed by atoms with Crippen LogP contribution in [0, 0.1) is 0 Å². The van der Waals surface area contributed by atoms with Crippen LogP contribution in [0.25, 0.3) is 0 Å². The normalized spacial score (nSPS) is 15.0. The van der Waals surface area contributed by atoms with Crippen LogP contribution in [0.3, 0.4) is 0 Å². The largest absolute Gasteiger partial charge is 0.495 e. The molecule has 0 spiro atoms. The zero-order valence-corrected chi connectivity index (χ0v) is 16.6. The molecule has 1 aromatic carbocycles. The number of nitrogens with zero attached hydrogens (tertiary/aromatic N) is 3. The number of hydrogen-bond donors (Lipinski definition) is 2. The molecule has 1 saturated heterocycles. The molecular weight excluding hydrogens is 366 g/mol. The highest BCUT2D eigenvalue weighted by atomic mass is 35.5. The zero-order valence-electron chi connectivity index (χ0n) is 15.8. The van der Waals surface area contributed by atoms with Gasteiger partial charge in [0, 0.05) is 43.4 Å². The smallest absolute Gasteiger partial charge is 0.224 e. The Hall–Kier alpha value is -2.28. The van der Waals surface area contributed by atoms with Crippen molar-refractivity contribution in [2.45, 2.75) is 38.5 Å². The van der Waals surface area contributed by atoms with E-state index in [1.165, 1.54) is 0 Å². The Bertz CT molecular complexity index is 771. The summed E-state index contributed by atoms with van der Waals surface area (Å²) in [5, 5.41) is 11.2. The van der Waals surface area contributed by atoms with Crippen molar-refractivity contribution in [3.05, 3.63) is 34.9 Å². The summed E-state index contributed by atoms with van der Waals surface area (Å²) in [7, 11) is 1.61. The van der Waals surface area contributed by atoms with Crippen molar-refractivity contribution in [1.29, 1.82) is 0 Å². The number of hydrogen-bond acceptors (Lipinski definition) is 5. The summed E-state index contributed by atoms with van der Waals surface area (Å²) >= 11 is 6.03. The molecule has 0 saturated carbocycles. The molecule has 0 radical (unpaired) electrons.